The van der Waals surface area contributed by atoms with Crippen LogP contribution in [0.4, 0.5) is 0 Å². The van der Waals surface area contributed by atoms with E-state index in [4.69, 9.17) is 18.5 Å². The number of rotatable bonds is 43. The topological polar surface area (TPSA) is 94.1 Å². The Morgan fingerprint density at radius 2 is 1.02 bits per heavy atom. The van der Waals surface area contributed by atoms with E-state index in [9.17, 15) is 14.3 Å². The van der Waals surface area contributed by atoms with E-state index in [-0.39, 0.29) is 25.8 Å². The fourth-order valence-electron chi connectivity index (χ4n) is 6.30. The van der Waals surface area contributed by atoms with E-state index in [1.807, 2.05) is 21.1 Å². The number of quaternary nitrogens is 1. The number of unbranched alkanes of at least 4 members (excludes halogenated alkanes) is 21. The molecular formula is C48H90NO7P. The van der Waals surface area contributed by atoms with Gasteiger partial charge in [-0.25, -0.2) is 0 Å². The molecule has 2 unspecified atom stereocenters. The molecule has 57 heavy (non-hydrogen) atoms. The van der Waals surface area contributed by atoms with Gasteiger partial charge in [0.2, 0.25) is 0 Å². The zero-order valence-corrected chi connectivity index (χ0v) is 38.7. The maximum atomic E-state index is 12.7. The molecule has 0 aliphatic rings. The fraction of sp³-hybridized carbons (Fsp3) is 0.812. The predicted octanol–water partition coefficient (Wildman–Crippen LogP) is 13.3. The van der Waals surface area contributed by atoms with E-state index in [0.29, 0.717) is 24.1 Å². The SMILES string of the molecule is CC/C=C\C/C=C\C/C=C\C/C=C\CCCCCCCCC(=O)OC(COCCCCCCCCCCCCCCCCCC)COP(=O)([O-])OCC[N+](C)(C)C. The molecule has 0 heterocycles. The molecule has 0 fully saturated rings. The van der Waals surface area contributed by atoms with Crippen molar-refractivity contribution in [1.82, 2.24) is 0 Å². The molecule has 0 aliphatic carbocycles. The summed E-state index contributed by atoms with van der Waals surface area (Å²) >= 11 is 0. The summed E-state index contributed by atoms with van der Waals surface area (Å²) in [5.74, 6) is -0.347. The van der Waals surface area contributed by atoms with Crippen LogP contribution in [-0.2, 0) is 27.9 Å². The molecule has 0 saturated heterocycles. The number of phosphoric ester groups is 1. The third-order valence-electron chi connectivity index (χ3n) is 9.89. The van der Waals surface area contributed by atoms with Crippen LogP contribution in [0.1, 0.15) is 194 Å². The minimum atomic E-state index is -4.53. The first-order chi connectivity index (χ1) is 27.6. The van der Waals surface area contributed by atoms with Gasteiger partial charge in [0.1, 0.15) is 19.3 Å². The molecular weight excluding hydrogens is 734 g/mol. The highest BCUT2D eigenvalue weighted by Crippen LogP contribution is 2.38. The van der Waals surface area contributed by atoms with E-state index in [2.05, 4.69) is 62.5 Å². The van der Waals surface area contributed by atoms with Crippen molar-refractivity contribution >= 4 is 13.8 Å². The van der Waals surface area contributed by atoms with Crippen LogP contribution in [0.25, 0.3) is 0 Å². The monoisotopic (exact) mass is 824 g/mol. The van der Waals surface area contributed by atoms with Gasteiger partial charge in [-0.05, 0) is 51.4 Å². The smallest absolute Gasteiger partial charge is 0.306 e. The average Bonchev–Trinajstić information content (AvgIpc) is 3.16. The van der Waals surface area contributed by atoms with Crippen LogP contribution in [0.15, 0.2) is 48.6 Å². The number of carbonyl (C=O) groups excluding carboxylic acids is 1. The lowest BCUT2D eigenvalue weighted by Crippen LogP contribution is -2.37. The lowest BCUT2D eigenvalue weighted by molar-refractivity contribution is -0.870. The van der Waals surface area contributed by atoms with E-state index < -0.39 is 13.9 Å². The van der Waals surface area contributed by atoms with Crippen LogP contribution < -0.4 is 4.89 Å². The first-order valence-electron chi connectivity index (χ1n) is 23.4. The minimum Gasteiger partial charge on any atom is -0.756 e. The van der Waals surface area contributed by atoms with Gasteiger partial charge in [-0.2, -0.15) is 0 Å². The van der Waals surface area contributed by atoms with Gasteiger partial charge in [-0.15, -0.1) is 0 Å². The molecule has 0 radical (unpaired) electrons. The van der Waals surface area contributed by atoms with Gasteiger partial charge in [0, 0.05) is 13.0 Å². The zero-order valence-electron chi connectivity index (χ0n) is 37.8. The third-order valence-corrected chi connectivity index (χ3v) is 10.9. The molecule has 2 atom stereocenters. The molecule has 0 spiro atoms. The summed E-state index contributed by atoms with van der Waals surface area (Å²) in [4.78, 5) is 25.1. The highest BCUT2D eigenvalue weighted by molar-refractivity contribution is 7.45. The molecule has 8 nitrogen and oxygen atoms in total. The Labute approximate surface area is 352 Å². The van der Waals surface area contributed by atoms with Crippen LogP contribution in [0, 0.1) is 0 Å². The first-order valence-corrected chi connectivity index (χ1v) is 24.8. The van der Waals surface area contributed by atoms with Gasteiger partial charge in [-0.1, -0.05) is 184 Å². The minimum absolute atomic E-state index is 0.0227. The molecule has 0 aromatic heterocycles. The summed E-state index contributed by atoms with van der Waals surface area (Å²) < 4.78 is 34.6. The molecule has 0 N–H and O–H groups in total. The van der Waals surface area contributed by atoms with E-state index in [0.717, 1.165) is 70.6 Å². The van der Waals surface area contributed by atoms with E-state index >= 15 is 0 Å². The molecule has 0 amide bonds. The van der Waals surface area contributed by atoms with Gasteiger partial charge in [0.25, 0.3) is 7.82 Å². The van der Waals surface area contributed by atoms with Gasteiger partial charge in [0.15, 0.2) is 0 Å². The number of nitrogens with zero attached hydrogens (tertiary/aromatic N) is 1. The fourth-order valence-corrected chi connectivity index (χ4v) is 7.03. The zero-order chi connectivity index (χ0) is 42.0. The number of hydrogen-bond donors (Lipinski definition) is 0. The van der Waals surface area contributed by atoms with Gasteiger partial charge in [0.05, 0.1) is 34.4 Å². The molecule has 0 aliphatic heterocycles. The second-order valence-electron chi connectivity index (χ2n) is 16.7. The van der Waals surface area contributed by atoms with E-state index in [1.165, 1.54) is 103 Å². The molecule has 334 valence electrons. The highest BCUT2D eigenvalue weighted by Gasteiger charge is 2.20. The van der Waals surface area contributed by atoms with Crippen molar-refractivity contribution in [2.24, 2.45) is 0 Å². The molecule has 0 rings (SSSR count). The van der Waals surface area contributed by atoms with Crippen LogP contribution in [-0.4, -0.2) is 70.7 Å². The summed E-state index contributed by atoms with van der Waals surface area (Å²) in [6.07, 6.45) is 49.8. The van der Waals surface area contributed by atoms with Gasteiger partial charge >= 0.3 is 5.97 Å². The Morgan fingerprint density at radius 1 is 0.561 bits per heavy atom. The Hall–Kier alpha value is -1.54. The third kappa shape index (κ3) is 45.4. The van der Waals surface area contributed by atoms with Crippen LogP contribution in [0.3, 0.4) is 0 Å². The lowest BCUT2D eigenvalue weighted by atomic mass is 10.0. The second-order valence-corrected chi connectivity index (χ2v) is 18.2. The maximum absolute atomic E-state index is 12.7. The highest BCUT2D eigenvalue weighted by atomic mass is 31.2. The molecule has 0 bridgehead atoms. The molecule has 0 aromatic rings. The van der Waals surface area contributed by atoms with Crippen LogP contribution >= 0.6 is 7.82 Å². The largest absolute Gasteiger partial charge is 0.756 e. The average molecular weight is 824 g/mol. The quantitative estimate of drug-likeness (QED) is 0.0199. The first kappa shape index (κ1) is 55.5. The number of allylic oxidation sites excluding steroid dienone is 8. The number of phosphoric acid groups is 1. The normalized spacial score (nSPS) is 14.1. The maximum Gasteiger partial charge on any atom is 0.306 e. The Balaban J connectivity index is 4.22. The van der Waals surface area contributed by atoms with Crippen molar-refractivity contribution in [3.63, 3.8) is 0 Å². The number of esters is 1. The number of hydrogen-bond acceptors (Lipinski definition) is 7. The van der Waals surface area contributed by atoms with E-state index in [1.54, 1.807) is 0 Å². The summed E-state index contributed by atoms with van der Waals surface area (Å²) in [6.45, 7) is 5.30. The number of carbonyl (C=O) groups is 1. The molecule has 9 heteroatoms. The van der Waals surface area contributed by atoms with Crippen molar-refractivity contribution in [2.75, 3.05) is 54.1 Å². The summed E-state index contributed by atoms with van der Waals surface area (Å²) in [5.41, 5.74) is 0. The van der Waals surface area contributed by atoms with Crippen molar-refractivity contribution in [1.29, 1.82) is 0 Å². The van der Waals surface area contributed by atoms with Crippen LogP contribution in [0.2, 0.25) is 0 Å². The predicted molar refractivity (Wildman–Crippen MR) is 240 cm³/mol. The van der Waals surface area contributed by atoms with Crippen molar-refractivity contribution in [3.8, 4) is 0 Å². The standard InChI is InChI=1S/C48H90NO7P/c1-6-8-10-12-14-16-18-20-22-24-25-26-27-29-31-33-35-37-39-41-48(50)56-47(46-55-57(51,52)54-44-42-49(3,4)5)45-53-43-40-38-36-34-32-30-28-23-21-19-17-15-13-11-9-7-2/h8,10,14,16,20,22,25-26,47H,6-7,9,11-13,15,17-19,21,23-24,27-46H2,1-5H3/b10-8-,16-14-,22-20-,26-25-. The second kappa shape index (κ2) is 41.2. The van der Waals surface area contributed by atoms with Gasteiger partial charge in [-0.3, -0.25) is 9.36 Å². The number of ether oxygens (including phenoxy) is 2. The Bertz CT molecular complexity index is 1050. The van der Waals surface area contributed by atoms with Crippen molar-refractivity contribution in [2.45, 2.75) is 200 Å². The summed E-state index contributed by atoms with van der Waals surface area (Å²) in [5, 5.41) is 0. The summed E-state index contributed by atoms with van der Waals surface area (Å²) in [6, 6.07) is 0. The van der Waals surface area contributed by atoms with Crippen LogP contribution in [0.5, 0.6) is 0 Å². The lowest BCUT2D eigenvalue weighted by Gasteiger charge is -2.28. The number of likely N-dealkylation sites (N-methyl/N-ethyl adjacent to an activating group) is 1. The molecule has 0 saturated carbocycles. The van der Waals surface area contributed by atoms with Crippen molar-refractivity contribution in [3.05, 3.63) is 48.6 Å². The van der Waals surface area contributed by atoms with Crippen molar-refractivity contribution < 1.29 is 37.3 Å². The van der Waals surface area contributed by atoms with Gasteiger partial charge < -0.3 is 27.9 Å². The Morgan fingerprint density at radius 3 is 1.53 bits per heavy atom. The Kier molecular flexibility index (Phi) is 40.1. The summed E-state index contributed by atoms with van der Waals surface area (Å²) in [7, 11) is 1.35. The molecule has 0 aromatic carbocycles.